The standard InChI is InChI=1S/C16H18NO5S.C5H10.3CO.W/c1-4-9-21-10-15-16(11-22-13(3)18)17(15)23(19,20)14-7-5-12(2)6-8-14;1-2-4-5-3-1;3*1-2;/h5-8,15-16H,9-11H2,2-3H3;1-5H2;;;;/q-1;;;;;+2/t15-,16-,17?;;;;;/m0...../s1. The Bertz CT molecular complexity index is 894. The van der Waals surface area contributed by atoms with Crippen LogP contribution in [0.15, 0.2) is 29.2 Å². The molecule has 11 heteroatoms. The maximum Gasteiger partial charge on any atom is 2.00 e. The van der Waals surface area contributed by atoms with E-state index in [1.807, 2.05) is 6.92 Å². The molecular weight excluding hydrogens is 646 g/mol. The molecule has 0 aromatic heterocycles. The Hall–Kier alpha value is -1.97. The number of nitrogens with zero attached hydrogens (tertiary/aromatic N) is 1. The number of hydrogen-bond donors (Lipinski definition) is 0. The van der Waals surface area contributed by atoms with Gasteiger partial charge in [0.2, 0.25) is 10.0 Å². The van der Waals surface area contributed by atoms with Crippen molar-refractivity contribution in [1.29, 1.82) is 0 Å². The summed E-state index contributed by atoms with van der Waals surface area (Å²) in [5, 5.41) is 0. The Morgan fingerprint density at radius 3 is 1.80 bits per heavy atom. The molecule has 1 saturated carbocycles. The number of hydrogen-bond acceptors (Lipinski definition) is 5. The first-order valence-corrected chi connectivity index (χ1v) is 11.6. The molecule has 1 saturated heterocycles. The number of carbonyl (C=O) groups is 1. The van der Waals surface area contributed by atoms with E-state index in [9.17, 15) is 13.2 Å². The number of carbonyl (C=O) groups excluding carboxylic acids is 1. The molecule has 35 heavy (non-hydrogen) atoms. The van der Waals surface area contributed by atoms with Gasteiger partial charge in [-0.1, -0.05) is 49.8 Å². The largest absolute Gasteiger partial charge is 2.00 e. The second kappa shape index (κ2) is 22.5. The minimum Gasteiger partial charge on any atom is 2.00 e. The van der Waals surface area contributed by atoms with Crippen LogP contribution in [0.25, 0.3) is 0 Å². The molecule has 1 heterocycles. The number of benzene rings is 1. The average Bonchev–Trinajstić information content (AvgIpc) is 3.23. The molecule has 1 aromatic carbocycles. The minimum atomic E-state index is -3.67. The summed E-state index contributed by atoms with van der Waals surface area (Å²) in [4.78, 5) is 11.1. The summed E-state index contributed by atoms with van der Waals surface area (Å²) in [5.41, 5.74) is 0.965. The maximum absolute atomic E-state index is 12.7. The van der Waals surface area contributed by atoms with Crippen molar-refractivity contribution in [3.63, 3.8) is 0 Å². The molecule has 2 aliphatic rings. The van der Waals surface area contributed by atoms with E-state index in [1.54, 1.807) is 24.3 Å². The monoisotopic (exact) mass is 674 g/mol. The van der Waals surface area contributed by atoms with Crippen molar-refractivity contribution in [2.75, 3.05) is 19.8 Å². The van der Waals surface area contributed by atoms with Crippen molar-refractivity contribution in [3.05, 3.63) is 56.2 Å². The second-order valence-electron chi connectivity index (χ2n) is 7.04. The summed E-state index contributed by atoms with van der Waals surface area (Å²) < 4.78 is 59.3. The van der Waals surface area contributed by atoms with Gasteiger partial charge in [-0.2, -0.15) is 4.31 Å². The fourth-order valence-corrected chi connectivity index (χ4v) is 4.97. The average molecular weight is 674 g/mol. The molecule has 0 N–H and O–H groups in total. The van der Waals surface area contributed by atoms with Crippen molar-refractivity contribution in [3.8, 4) is 5.92 Å². The van der Waals surface area contributed by atoms with Crippen LogP contribution in [0.2, 0.25) is 0 Å². The van der Waals surface area contributed by atoms with E-state index >= 15 is 0 Å². The van der Waals surface area contributed by atoms with E-state index in [1.165, 1.54) is 43.3 Å². The first kappa shape index (κ1) is 37.6. The molecule has 0 amide bonds. The third kappa shape index (κ3) is 14.2. The first-order chi connectivity index (χ1) is 16.4. The van der Waals surface area contributed by atoms with Crippen molar-refractivity contribution >= 4 is 16.0 Å². The van der Waals surface area contributed by atoms with Gasteiger partial charge in [0.05, 0.1) is 30.2 Å². The summed E-state index contributed by atoms with van der Waals surface area (Å²) in [6, 6.07) is 5.70. The first-order valence-electron chi connectivity index (χ1n) is 10.2. The van der Waals surface area contributed by atoms with E-state index in [4.69, 9.17) is 29.9 Å². The molecule has 3 atom stereocenters. The van der Waals surface area contributed by atoms with Gasteiger partial charge in [0.15, 0.2) is 0 Å². The van der Waals surface area contributed by atoms with Gasteiger partial charge in [0.25, 0.3) is 0 Å². The maximum atomic E-state index is 12.7. The van der Waals surface area contributed by atoms with Crippen molar-refractivity contribution in [1.82, 2.24) is 4.31 Å². The SMILES string of the molecule is C1CCCC1.[C-]#CCOC[C@H]1[C@H](COC(C)=O)N1S(=O)(=O)c1ccc(C)cc1.[C-]#[O+].[C-]#[O+].[C-]#[O+].[W+2]. The van der Waals surface area contributed by atoms with Crippen LogP contribution in [0, 0.1) is 39.2 Å². The molecule has 9 nitrogen and oxygen atoms in total. The number of ether oxygens (including phenoxy) is 2. The summed E-state index contributed by atoms with van der Waals surface area (Å²) in [5.74, 6) is 1.62. The molecule has 1 aliphatic carbocycles. The number of sulfonamides is 1. The van der Waals surface area contributed by atoms with Crippen LogP contribution in [0.1, 0.15) is 44.6 Å². The summed E-state index contributed by atoms with van der Waals surface area (Å²) in [7, 11) is -3.67. The van der Waals surface area contributed by atoms with Crippen LogP contribution in [-0.2, 0) is 59.3 Å². The van der Waals surface area contributed by atoms with Crippen LogP contribution in [0.3, 0.4) is 0 Å². The number of aryl methyl sites for hydroxylation is 1. The fraction of sp³-hybridized carbons (Fsp3) is 0.500. The van der Waals surface area contributed by atoms with Crippen LogP contribution in [0.4, 0.5) is 0 Å². The van der Waals surface area contributed by atoms with Crippen molar-refractivity contribution < 1.29 is 57.7 Å². The Morgan fingerprint density at radius 1 is 0.971 bits per heavy atom. The van der Waals surface area contributed by atoms with Gasteiger partial charge in [0.1, 0.15) is 6.61 Å². The zero-order valence-corrected chi connectivity index (χ0v) is 23.4. The van der Waals surface area contributed by atoms with Gasteiger partial charge >= 0.3 is 60.9 Å². The summed E-state index contributed by atoms with van der Waals surface area (Å²) >= 11 is 0. The van der Waals surface area contributed by atoms with Gasteiger partial charge < -0.3 is 21.8 Å². The van der Waals surface area contributed by atoms with Crippen LogP contribution in [-0.4, -0.2) is 50.6 Å². The number of esters is 1. The van der Waals surface area contributed by atoms with E-state index in [-0.39, 0.29) is 45.8 Å². The molecule has 1 aromatic rings. The Balaban J connectivity index is -0.000000722. The predicted molar refractivity (Wildman–Crippen MR) is 117 cm³/mol. The smallest absolute Gasteiger partial charge is 2.00 e. The zero-order valence-electron chi connectivity index (χ0n) is 19.7. The van der Waals surface area contributed by atoms with Gasteiger partial charge in [-0.05, 0) is 19.1 Å². The van der Waals surface area contributed by atoms with Crippen LogP contribution < -0.4 is 0 Å². The van der Waals surface area contributed by atoms with Gasteiger partial charge in [-0.15, -0.1) is 0 Å². The normalized spacial score (nSPS) is 18.8. The van der Waals surface area contributed by atoms with E-state index in [2.05, 4.69) is 25.9 Å². The third-order valence-electron chi connectivity index (χ3n) is 4.77. The topological polar surface area (TPSA) is 132 Å². The molecule has 0 bridgehead atoms. The molecule has 1 unspecified atom stereocenters. The molecule has 0 radical (unpaired) electrons. The quantitative estimate of drug-likeness (QED) is 0.110. The molecule has 0 spiro atoms. The molecule has 2 fully saturated rings. The Kier molecular flexibility index (Phi) is 24.1. The zero-order chi connectivity index (χ0) is 26.6. The summed E-state index contributed by atoms with van der Waals surface area (Å²) in [6.45, 7) is 16.8. The van der Waals surface area contributed by atoms with Crippen molar-refractivity contribution in [2.24, 2.45) is 0 Å². The van der Waals surface area contributed by atoms with Gasteiger partial charge in [-0.25, -0.2) is 8.42 Å². The van der Waals surface area contributed by atoms with E-state index in [0.29, 0.717) is 0 Å². The van der Waals surface area contributed by atoms with Gasteiger partial charge in [0, 0.05) is 6.92 Å². The molecule has 3 rings (SSSR count). The minimum absolute atomic E-state index is 0. The second-order valence-corrected chi connectivity index (χ2v) is 8.89. The van der Waals surface area contributed by atoms with E-state index in [0.717, 1.165) is 5.56 Å². The van der Waals surface area contributed by atoms with Gasteiger partial charge in [-0.3, -0.25) is 4.79 Å². The van der Waals surface area contributed by atoms with Crippen molar-refractivity contribution in [2.45, 2.75) is 62.9 Å². The Labute approximate surface area is 222 Å². The summed E-state index contributed by atoms with van der Waals surface area (Å²) in [6.07, 6.45) is 14.3. The molecule has 1 aliphatic heterocycles. The van der Waals surface area contributed by atoms with E-state index < -0.39 is 28.1 Å². The van der Waals surface area contributed by atoms with Crippen LogP contribution >= 0.6 is 0 Å². The predicted octanol–water partition coefficient (Wildman–Crippen LogP) is 2.74. The van der Waals surface area contributed by atoms with Crippen LogP contribution in [0.5, 0.6) is 0 Å². The third-order valence-corrected chi connectivity index (χ3v) is 6.74. The Morgan fingerprint density at radius 2 is 1.40 bits per heavy atom. The number of rotatable bonds is 7. The fourth-order valence-electron chi connectivity index (χ4n) is 3.18. The molecule has 188 valence electrons. The molecular formula is C24H28NO8SW+.